The lowest BCUT2D eigenvalue weighted by Crippen LogP contribution is -2.35. The molecule has 1 aromatic heterocycles. The van der Waals surface area contributed by atoms with Crippen LogP contribution in [0.3, 0.4) is 0 Å². The Labute approximate surface area is 126 Å². The molecular formula is C16H14N2O4. The molecule has 22 heavy (non-hydrogen) atoms. The smallest absolute Gasteiger partial charge is 0.272 e. The van der Waals surface area contributed by atoms with Crippen molar-refractivity contribution < 1.29 is 9.47 Å². The maximum Gasteiger partial charge on any atom is 0.272 e. The molecule has 0 saturated carbocycles. The van der Waals surface area contributed by atoms with Gasteiger partial charge >= 0.3 is 0 Å². The molecule has 0 spiro atoms. The van der Waals surface area contributed by atoms with Crippen LogP contribution in [0.15, 0.2) is 40.1 Å². The number of rotatable bonds is 5. The van der Waals surface area contributed by atoms with Gasteiger partial charge in [-0.05, 0) is 19.1 Å². The van der Waals surface area contributed by atoms with Crippen LogP contribution in [0.2, 0.25) is 0 Å². The first-order chi connectivity index (χ1) is 10.7. The van der Waals surface area contributed by atoms with Crippen molar-refractivity contribution in [3.05, 3.63) is 50.9 Å². The molecule has 1 heterocycles. The van der Waals surface area contributed by atoms with Gasteiger partial charge in [-0.15, -0.1) is 0 Å². The van der Waals surface area contributed by atoms with Crippen LogP contribution in [0.4, 0.5) is 11.4 Å². The Kier molecular flexibility index (Phi) is 3.50. The van der Waals surface area contributed by atoms with Crippen molar-refractivity contribution in [2.75, 3.05) is 19.0 Å². The number of ether oxygens (including phenoxy) is 2. The Hall–Kier alpha value is -2.89. The zero-order valence-corrected chi connectivity index (χ0v) is 12.2. The molecule has 6 nitrogen and oxygen atoms in total. The summed E-state index contributed by atoms with van der Waals surface area (Å²) in [4.78, 5) is 27.6. The molecule has 0 saturated heterocycles. The molecule has 0 aliphatic heterocycles. The van der Waals surface area contributed by atoms with E-state index in [1.165, 1.54) is 0 Å². The van der Waals surface area contributed by atoms with E-state index >= 15 is 0 Å². The quantitative estimate of drug-likeness (QED) is 0.726. The Morgan fingerprint density at radius 3 is 2.77 bits per heavy atom. The molecule has 1 N–H and O–H groups in total. The molecule has 0 unspecified atom stereocenters. The van der Waals surface area contributed by atoms with Gasteiger partial charge in [-0.25, -0.2) is 0 Å². The van der Waals surface area contributed by atoms with Crippen molar-refractivity contribution in [1.29, 1.82) is 0 Å². The highest BCUT2D eigenvalue weighted by molar-refractivity contribution is 5.94. The molecule has 2 aromatic carbocycles. The molecule has 0 fully saturated rings. The van der Waals surface area contributed by atoms with Gasteiger partial charge in [-0.2, -0.15) is 0 Å². The van der Waals surface area contributed by atoms with Gasteiger partial charge in [0.05, 0.1) is 24.9 Å². The van der Waals surface area contributed by atoms with Crippen LogP contribution in [0.1, 0.15) is 6.92 Å². The first-order valence-electron chi connectivity index (χ1n) is 6.81. The second kappa shape index (κ2) is 5.48. The zero-order chi connectivity index (χ0) is 15.7. The summed E-state index contributed by atoms with van der Waals surface area (Å²) in [7, 11) is 1.56. The van der Waals surface area contributed by atoms with E-state index in [2.05, 4.69) is 10.3 Å². The number of aromatic nitrogens is 1. The minimum atomic E-state index is -0.607. The number of fused-ring (bicyclic) bond motifs is 1. The molecule has 0 atom stereocenters. The van der Waals surface area contributed by atoms with Crippen molar-refractivity contribution >= 4 is 22.3 Å². The average Bonchev–Trinajstić information content (AvgIpc) is 2.57. The fourth-order valence-electron chi connectivity index (χ4n) is 2.28. The Bertz CT molecular complexity index is 910. The number of pyridine rings is 1. The lowest BCUT2D eigenvalue weighted by atomic mass is 10.1. The second-order valence-corrected chi connectivity index (χ2v) is 4.67. The van der Waals surface area contributed by atoms with Crippen LogP contribution >= 0.6 is 0 Å². The lowest BCUT2D eigenvalue weighted by molar-refractivity contribution is 0.335. The molecule has 0 radical (unpaired) electrons. The van der Waals surface area contributed by atoms with Crippen LogP contribution in [0.5, 0.6) is 11.5 Å². The maximum absolute atomic E-state index is 11.7. The number of nitrogens with one attached hydrogen (secondary N) is 1. The third-order valence-corrected chi connectivity index (χ3v) is 3.33. The Morgan fingerprint density at radius 2 is 2.05 bits per heavy atom. The number of anilines is 2. The number of hydrogen-bond donors (Lipinski definition) is 1. The minimum absolute atomic E-state index is 0.0689. The topological polar surface area (TPSA) is 77.5 Å². The first kappa shape index (κ1) is 14.1. The number of benzene rings is 1. The van der Waals surface area contributed by atoms with Gasteiger partial charge in [0.2, 0.25) is 0 Å². The highest BCUT2D eigenvalue weighted by Gasteiger charge is 2.23. The highest BCUT2D eigenvalue weighted by Crippen LogP contribution is 2.31. The van der Waals surface area contributed by atoms with E-state index in [-0.39, 0.29) is 11.4 Å². The molecule has 0 amide bonds. The molecule has 0 bridgehead atoms. The molecule has 0 aliphatic rings. The van der Waals surface area contributed by atoms with E-state index in [4.69, 9.17) is 9.47 Å². The van der Waals surface area contributed by atoms with E-state index in [1.54, 1.807) is 26.3 Å². The molecule has 6 heteroatoms. The summed E-state index contributed by atoms with van der Waals surface area (Å²) in [5, 5.41) is 3.81. The van der Waals surface area contributed by atoms with Gasteiger partial charge in [-0.3, -0.25) is 14.6 Å². The highest BCUT2D eigenvalue weighted by atomic mass is 16.5. The molecule has 3 aromatic rings. The normalized spacial score (nSPS) is 10.8. The van der Waals surface area contributed by atoms with Gasteiger partial charge in [0.25, 0.3) is 10.9 Å². The average molecular weight is 298 g/mol. The fraction of sp³-hybridized carbons (Fsp3) is 0.188. The van der Waals surface area contributed by atoms with Gasteiger partial charge in [0.1, 0.15) is 11.4 Å². The van der Waals surface area contributed by atoms with Crippen molar-refractivity contribution in [2.24, 2.45) is 0 Å². The predicted molar refractivity (Wildman–Crippen MR) is 84.1 cm³/mol. The molecule has 3 rings (SSSR count). The van der Waals surface area contributed by atoms with E-state index < -0.39 is 10.9 Å². The number of methoxy groups -OCH3 is 1. The SMILES string of the molecule is CCOc1c(Nc2cc(OC)cc3cccnc23)c(=O)c1=O. The second-order valence-electron chi connectivity index (χ2n) is 4.67. The van der Waals surface area contributed by atoms with Crippen LogP contribution in [0, 0.1) is 0 Å². The van der Waals surface area contributed by atoms with E-state index in [9.17, 15) is 9.59 Å². The summed E-state index contributed by atoms with van der Waals surface area (Å²) >= 11 is 0. The third-order valence-electron chi connectivity index (χ3n) is 3.33. The van der Waals surface area contributed by atoms with Gasteiger partial charge < -0.3 is 14.8 Å². The largest absolute Gasteiger partial charge is 0.497 e. The molecule has 112 valence electrons. The van der Waals surface area contributed by atoms with Gasteiger partial charge in [-0.1, -0.05) is 6.07 Å². The monoisotopic (exact) mass is 298 g/mol. The van der Waals surface area contributed by atoms with E-state index in [1.807, 2.05) is 18.2 Å². The summed E-state index contributed by atoms with van der Waals surface area (Å²) in [6.45, 7) is 2.07. The summed E-state index contributed by atoms with van der Waals surface area (Å²) in [5.74, 6) is 0.694. The van der Waals surface area contributed by atoms with Crippen molar-refractivity contribution in [1.82, 2.24) is 4.98 Å². The standard InChI is InChI=1S/C16H14N2O4/c1-3-22-16-13(14(19)15(16)20)18-11-8-10(21-2)7-9-5-4-6-17-12(9)11/h4-8,18H,3H2,1-2H3. The molecular weight excluding hydrogens is 284 g/mol. The first-order valence-corrected chi connectivity index (χ1v) is 6.81. The lowest BCUT2D eigenvalue weighted by Gasteiger charge is -2.15. The zero-order valence-electron chi connectivity index (χ0n) is 12.2. The van der Waals surface area contributed by atoms with E-state index in [0.29, 0.717) is 23.6 Å². The Morgan fingerprint density at radius 1 is 1.23 bits per heavy atom. The molecule has 0 aliphatic carbocycles. The third kappa shape index (κ3) is 2.18. The predicted octanol–water partition coefficient (Wildman–Crippen LogP) is 1.98. The minimum Gasteiger partial charge on any atom is -0.497 e. The number of hydrogen-bond acceptors (Lipinski definition) is 6. The van der Waals surface area contributed by atoms with Crippen LogP contribution in [-0.2, 0) is 0 Å². The fourth-order valence-corrected chi connectivity index (χ4v) is 2.28. The van der Waals surface area contributed by atoms with Gasteiger partial charge in [0.15, 0.2) is 5.75 Å². The summed E-state index contributed by atoms with van der Waals surface area (Å²) in [6.07, 6.45) is 1.66. The Balaban J connectivity index is 2.10. The van der Waals surface area contributed by atoms with Gasteiger partial charge in [0, 0.05) is 17.6 Å². The van der Waals surface area contributed by atoms with Crippen LogP contribution < -0.4 is 25.6 Å². The maximum atomic E-state index is 11.7. The summed E-state index contributed by atoms with van der Waals surface area (Å²) < 4.78 is 10.5. The van der Waals surface area contributed by atoms with Crippen molar-refractivity contribution in [3.8, 4) is 11.5 Å². The van der Waals surface area contributed by atoms with E-state index in [0.717, 1.165) is 5.39 Å². The summed E-state index contributed by atoms with van der Waals surface area (Å²) in [6, 6.07) is 7.27. The van der Waals surface area contributed by atoms with Crippen molar-refractivity contribution in [3.63, 3.8) is 0 Å². The van der Waals surface area contributed by atoms with Crippen LogP contribution in [-0.4, -0.2) is 18.7 Å². The van der Waals surface area contributed by atoms with Crippen LogP contribution in [0.25, 0.3) is 10.9 Å². The summed E-state index contributed by atoms with van der Waals surface area (Å²) in [5.41, 5.74) is 0.230. The van der Waals surface area contributed by atoms with Crippen molar-refractivity contribution in [2.45, 2.75) is 6.92 Å². The number of nitrogens with zero attached hydrogens (tertiary/aromatic N) is 1.